The van der Waals surface area contributed by atoms with Crippen LogP contribution in [0.5, 0.6) is 5.75 Å². The topological polar surface area (TPSA) is 152 Å². The molecule has 3 heterocycles. The molecule has 50 heavy (non-hydrogen) atoms. The van der Waals surface area contributed by atoms with Gasteiger partial charge in [-0.25, -0.2) is 0 Å². The molecule has 6 unspecified atom stereocenters. The van der Waals surface area contributed by atoms with Crippen LogP contribution in [0.1, 0.15) is 22.8 Å². The molecule has 1 saturated heterocycles. The lowest BCUT2D eigenvalue weighted by molar-refractivity contribution is -0.384. The molecule has 2 saturated carbocycles. The smallest absolute Gasteiger partial charge is 0.305 e. The Morgan fingerprint density at radius 2 is 1.64 bits per heavy atom. The number of fused-ring (bicyclic) bond motifs is 10. The lowest BCUT2D eigenvalue weighted by atomic mass is 9.68. The Morgan fingerprint density at radius 3 is 2.38 bits per heavy atom. The molecule has 2 aliphatic carbocycles. The predicted octanol–water partition coefficient (Wildman–Crippen LogP) is 6.19. The van der Waals surface area contributed by atoms with Crippen molar-refractivity contribution in [2.45, 2.75) is 22.6 Å². The molecule has 3 amide bonds. The molecule has 0 spiro atoms. The van der Waals surface area contributed by atoms with Gasteiger partial charge in [-0.15, -0.1) is 11.8 Å². The van der Waals surface area contributed by atoms with Gasteiger partial charge in [0, 0.05) is 33.9 Å². The molecule has 9 rings (SSSR count). The third-order valence-corrected chi connectivity index (χ3v) is 13.3. The summed E-state index contributed by atoms with van der Waals surface area (Å²) in [6.45, 7) is -0.172. The van der Waals surface area contributed by atoms with Crippen molar-refractivity contribution in [3.8, 4) is 5.75 Å². The van der Waals surface area contributed by atoms with Crippen LogP contribution < -0.4 is 19.8 Å². The number of hydrogen-bond acceptors (Lipinski definition) is 9. The van der Waals surface area contributed by atoms with E-state index in [4.69, 9.17) is 4.74 Å². The quantitative estimate of drug-likeness (QED) is 0.116. The fraction of sp³-hybridized carbons (Fsp3) is 0.243. The van der Waals surface area contributed by atoms with Crippen molar-refractivity contribution in [3.63, 3.8) is 0 Å². The van der Waals surface area contributed by atoms with Crippen molar-refractivity contribution in [3.05, 3.63) is 121 Å². The third-order valence-electron chi connectivity index (χ3n) is 10.7. The minimum atomic E-state index is -0.514. The molecule has 7 atom stereocenters. The Labute approximate surface area is 292 Å². The SMILES string of the molecule is O=C(COc1ccc([C@H]2c3sc(=O)[nH]c3SC3C4CC(C5C(=O)N(c6ccc([N+](=O)[O-])cc6)C(=O)C45)C32)cc1)Nc1ccc2ccccc2c1. The van der Waals surface area contributed by atoms with E-state index >= 15 is 0 Å². The van der Waals surface area contributed by atoms with E-state index in [2.05, 4.69) is 10.3 Å². The standard InChI is InChI=1S/C37H28N4O7S2/c42-27(38-21-8-5-18-3-1-2-4-20(18)15-21)17-48-24-13-6-19(7-14-24)28-29-25-16-26(32(29)49-34-33(28)50-37(45)39-34)31-30(25)35(43)40(36(31)44)22-9-11-23(12-10-22)41(46)47/h1-15,25-26,28-32H,16-17H2,(H,38,42)(H,39,45)/t25?,26?,28-,29?,30?,31?,32?/m1/s1. The number of nitrogens with one attached hydrogen (secondary N) is 2. The van der Waals surface area contributed by atoms with Crippen LogP contribution >= 0.6 is 23.1 Å². The molecular weight excluding hydrogens is 677 g/mol. The molecule has 2 bridgehead atoms. The zero-order valence-electron chi connectivity index (χ0n) is 26.2. The highest BCUT2D eigenvalue weighted by Gasteiger charge is 2.69. The van der Waals surface area contributed by atoms with Gasteiger partial charge in [0.05, 0.1) is 27.5 Å². The van der Waals surface area contributed by atoms with E-state index in [-0.39, 0.29) is 63.8 Å². The van der Waals surface area contributed by atoms with Gasteiger partial charge < -0.3 is 15.0 Å². The summed E-state index contributed by atoms with van der Waals surface area (Å²) in [5.41, 5.74) is 1.89. The number of amides is 3. The van der Waals surface area contributed by atoms with Gasteiger partial charge in [0.1, 0.15) is 5.75 Å². The fourth-order valence-corrected chi connectivity index (χ4v) is 11.6. The Bertz CT molecular complexity index is 2290. The average Bonchev–Trinajstić information content (AvgIpc) is 3.86. The molecule has 0 radical (unpaired) electrons. The number of aromatic amines is 1. The number of nitro groups is 1. The van der Waals surface area contributed by atoms with Gasteiger partial charge in [-0.3, -0.25) is 34.2 Å². The molecule has 250 valence electrons. The number of carbonyl (C=O) groups is 3. The Hall–Kier alpha value is -5.27. The molecular formula is C37H28N4O7S2. The summed E-state index contributed by atoms with van der Waals surface area (Å²) in [5, 5.41) is 17.0. The van der Waals surface area contributed by atoms with E-state index in [0.717, 1.165) is 32.7 Å². The number of thioether (sulfide) groups is 1. The molecule has 5 aromatic rings. The lowest BCUT2D eigenvalue weighted by Crippen LogP contribution is -2.42. The molecule has 1 aromatic heterocycles. The highest BCUT2D eigenvalue weighted by Crippen LogP contribution is 2.68. The van der Waals surface area contributed by atoms with Crippen molar-refractivity contribution >= 4 is 68.7 Å². The monoisotopic (exact) mass is 704 g/mol. The Balaban J connectivity index is 0.951. The van der Waals surface area contributed by atoms with Gasteiger partial charge in [-0.2, -0.15) is 0 Å². The zero-order chi connectivity index (χ0) is 34.3. The largest absolute Gasteiger partial charge is 0.484 e. The lowest BCUT2D eigenvalue weighted by Gasteiger charge is -2.43. The van der Waals surface area contributed by atoms with Crippen LogP contribution in [0.3, 0.4) is 0 Å². The highest BCUT2D eigenvalue weighted by molar-refractivity contribution is 8.00. The zero-order valence-corrected chi connectivity index (χ0v) is 27.8. The number of non-ortho nitro benzene ring substituents is 1. The second-order valence-corrected chi connectivity index (χ2v) is 15.4. The minimum absolute atomic E-state index is 0.0123. The number of ether oxygens (including phenoxy) is 1. The van der Waals surface area contributed by atoms with E-state index in [1.165, 1.54) is 40.5 Å². The van der Waals surface area contributed by atoms with Gasteiger partial charge in [0.25, 0.3) is 11.6 Å². The number of imide groups is 1. The van der Waals surface area contributed by atoms with Crippen LogP contribution in [0.4, 0.5) is 17.1 Å². The number of thiazole rings is 1. The maximum absolute atomic E-state index is 14.0. The number of aromatic nitrogens is 1. The molecule has 4 aromatic carbocycles. The summed E-state index contributed by atoms with van der Waals surface area (Å²) in [7, 11) is 0. The van der Waals surface area contributed by atoms with Crippen LogP contribution in [-0.2, 0) is 14.4 Å². The first-order valence-corrected chi connectivity index (χ1v) is 18.0. The number of rotatable bonds is 7. The van der Waals surface area contributed by atoms with Gasteiger partial charge in [0.2, 0.25) is 11.8 Å². The number of hydrogen-bond donors (Lipinski definition) is 2. The normalized spacial score (nSPS) is 26.1. The maximum Gasteiger partial charge on any atom is 0.305 e. The van der Waals surface area contributed by atoms with Crippen molar-refractivity contribution in [2.75, 3.05) is 16.8 Å². The average molecular weight is 705 g/mol. The molecule has 11 nitrogen and oxygen atoms in total. The summed E-state index contributed by atoms with van der Waals surface area (Å²) in [6.07, 6.45) is 0.742. The Kier molecular flexibility index (Phi) is 7.18. The van der Waals surface area contributed by atoms with Crippen LogP contribution in [0.25, 0.3) is 10.8 Å². The van der Waals surface area contributed by atoms with Crippen LogP contribution in [0, 0.1) is 39.7 Å². The van der Waals surface area contributed by atoms with Gasteiger partial charge in [0.15, 0.2) is 6.61 Å². The molecule has 2 N–H and O–H groups in total. The third kappa shape index (κ3) is 4.86. The summed E-state index contributed by atoms with van der Waals surface area (Å²) in [4.78, 5) is 68.9. The fourth-order valence-electron chi connectivity index (χ4n) is 8.75. The van der Waals surface area contributed by atoms with Crippen molar-refractivity contribution in [2.24, 2.45) is 29.6 Å². The number of H-pyrrole nitrogens is 1. The van der Waals surface area contributed by atoms with Crippen LogP contribution in [0.2, 0.25) is 0 Å². The van der Waals surface area contributed by atoms with Crippen molar-refractivity contribution in [1.29, 1.82) is 0 Å². The van der Waals surface area contributed by atoms with Crippen LogP contribution in [-0.4, -0.2) is 39.5 Å². The highest BCUT2D eigenvalue weighted by atomic mass is 32.2. The van der Waals surface area contributed by atoms with Gasteiger partial charge >= 0.3 is 4.87 Å². The van der Waals surface area contributed by atoms with Gasteiger partial charge in [-0.1, -0.05) is 53.8 Å². The number of benzene rings is 4. The first-order valence-electron chi connectivity index (χ1n) is 16.3. The summed E-state index contributed by atoms with van der Waals surface area (Å²) in [5.74, 6) is -1.53. The second kappa shape index (κ2) is 11.7. The molecule has 4 aliphatic rings. The number of carbonyl (C=O) groups excluding carboxylic acids is 3. The van der Waals surface area contributed by atoms with E-state index in [9.17, 15) is 29.3 Å². The molecule has 13 heteroatoms. The van der Waals surface area contributed by atoms with Crippen molar-refractivity contribution < 1.29 is 24.0 Å². The number of nitrogens with zero attached hydrogens (tertiary/aromatic N) is 2. The maximum atomic E-state index is 14.0. The van der Waals surface area contributed by atoms with Crippen molar-refractivity contribution in [1.82, 2.24) is 4.98 Å². The van der Waals surface area contributed by atoms with E-state index < -0.39 is 16.8 Å². The first-order chi connectivity index (χ1) is 24.2. The van der Waals surface area contributed by atoms with E-state index in [0.29, 0.717) is 17.1 Å². The van der Waals surface area contributed by atoms with Gasteiger partial charge in [-0.05, 0) is 76.9 Å². The summed E-state index contributed by atoms with van der Waals surface area (Å²) >= 11 is 2.79. The predicted molar refractivity (Wildman–Crippen MR) is 189 cm³/mol. The molecule has 2 aliphatic heterocycles. The van der Waals surface area contributed by atoms with Crippen LogP contribution in [0.15, 0.2) is 101 Å². The Morgan fingerprint density at radius 1 is 0.920 bits per heavy atom. The second-order valence-electron chi connectivity index (χ2n) is 13.2. The summed E-state index contributed by atoms with van der Waals surface area (Å²) in [6, 6.07) is 26.7. The van der Waals surface area contributed by atoms with E-state index in [1.54, 1.807) is 11.8 Å². The number of anilines is 2. The summed E-state index contributed by atoms with van der Waals surface area (Å²) < 4.78 is 5.84. The van der Waals surface area contributed by atoms with E-state index in [1.807, 2.05) is 66.7 Å². The number of nitro benzene ring substituents is 1. The molecule has 3 fully saturated rings. The first kappa shape index (κ1) is 30.8. The minimum Gasteiger partial charge on any atom is -0.484 e.